The third-order valence-electron chi connectivity index (χ3n) is 5.25. The maximum absolute atomic E-state index is 13.8. The maximum Gasteiger partial charge on any atom is 0.126 e. The Morgan fingerprint density at radius 1 is 1.10 bits per heavy atom. The minimum Gasteiger partial charge on any atom is -0.391 e. The highest BCUT2D eigenvalue weighted by atomic mass is 19.1. The number of aliphatic hydroxyl groups excluding tert-OH is 1. The van der Waals surface area contributed by atoms with Crippen LogP contribution >= 0.6 is 0 Å². The van der Waals surface area contributed by atoms with Crippen molar-refractivity contribution in [1.82, 2.24) is 4.90 Å². The van der Waals surface area contributed by atoms with Crippen LogP contribution in [-0.2, 0) is 6.42 Å². The van der Waals surface area contributed by atoms with Gasteiger partial charge in [0.2, 0.25) is 0 Å². The molecule has 1 unspecified atom stereocenters. The van der Waals surface area contributed by atoms with Crippen LogP contribution in [0.25, 0.3) is 0 Å². The van der Waals surface area contributed by atoms with Crippen molar-refractivity contribution in [3.8, 4) is 0 Å². The summed E-state index contributed by atoms with van der Waals surface area (Å²) in [5, 5.41) is 10.8. The van der Waals surface area contributed by atoms with Gasteiger partial charge in [-0.1, -0.05) is 12.8 Å². The smallest absolute Gasteiger partial charge is 0.126 e. The molecule has 1 aromatic carbocycles. The first-order chi connectivity index (χ1) is 10.1. The van der Waals surface area contributed by atoms with E-state index in [0.29, 0.717) is 0 Å². The molecule has 1 aliphatic carbocycles. The summed E-state index contributed by atoms with van der Waals surface area (Å²) >= 11 is 0. The average Bonchev–Trinajstić information content (AvgIpc) is 3.13. The Labute approximate surface area is 124 Å². The van der Waals surface area contributed by atoms with Crippen LogP contribution in [0.3, 0.4) is 0 Å². The summed E-state index contributed by atoms with van der Waals surface area (Å²) < 4.78 is 27.1. The first-order valence-electron chi connectivity index (χ1n) is 7.99. The predicted molar refractivity (Wildman–Crippen MR) is 78.1 cm³/mol. The van der Waals surface area contributed by atoms with Gasteiger partial charge in [-0.15, -0.1) is 0 Å². The van der Waals surface area contributed by atoms with E-state index in [9.17, 15) is 13.9 Å². The van der Waals surface area contributed by atoms with Crippen LogP contribution in [0, 0.1) is 11.6 Å². The summed E-state index contributed by atoms with van der Waals surface area (Å²) in [5.74, 6) is -0.870. The molecule has 1 saturated heterocycles. The van der Waals surface area contributed by atoms with Crippen molar-refractivity contribution in [3.63, 3.8) is 0 Å². The Bertz CT molecular complexity index is 494. The summed E-state index contributed by atoms with van der Waals surface area (Å²) in [6.45, 7) is 2.03. The second kappa shape index (κ2) is 6.01. The van der Waals surface area contributed by atoms with Gasteiger partial charge in [0, 0.05) is 12.0 Å². The number of likely N-dealkylation sites (tertiary alicyclic amines) is 1. The average molecular weight is 295 g/mol. The molecule has 0 bridgehead atoms. The van der Waals surface area contributed by atoms with E-state index in [1.165, 1.54) is 18.9 Å². The van der Waals surface area contributed by atoms with E-state index < -0.39 is 17.7 Å². The lowest BCUT2D eigenvalue weighted by Crippen LogP contribution is -2.54. The molecule has 0 aromatic heterocycles. The molecule has 1 saturated carbocycles. The molecule has 1 N–H and O–H groups in total. The zero-order valence-electron chi connectivity index (χ0n) is 12.3. The number of benzene rings is 1. The molecular formula is C17H23F2NO. The SMILES string of the molecule is OC(Cc1cc(F)ccc1F)C1(N2CCCC2)CCCC1. The number of hydrogen-bond acceptors (Lipinski definition) is 2. The van der Waals surface area contributed by atoms with Gasteiger partial charge >= 0.3 is 0 Å². The van der Waals surface area contributed by atoms with Gasteiger partial charge in [-0.25, -0.2) is 8.78 Å². The fourth-order valence-electron chi connectivity index (χ4n) is 4.11. The lowest BCUT2D eigenvalue weighted by molar-refractivity contribution is -0.0176. The molecule has 1 heterocycles. The van der Waals surface area contributed by atoms with Crippen molar-refractivity contribution in [3.05, 3.63) is 35.4 Å². The number of aliphatic hydroxyl groups is 1. The Kier molecular flexibility index (Phi) is 4.27. The third-order valence-corrected chi connectivity index (χ3v) is 5.25. The zero-order chi connectivity index (χ0) is 14.9. The molecule has 1 aliphatic heterocycles. The Balaban J connectivity index is 1.81. The zero-order valence-corrected chi connectivity index (χ0v) is 12.3. The fraction of sp³-hybridized carbons (Fsp3) is 0.647. The quantitative estimate of drug-likeness (QED) is 0.921. The first kappa shape index (κ1) is 14.9. The highest BCUT2D eigenvalue weighted by Crippen LogP contribution is 2.41. The molecule has 3 rings (SSSR count). The number of halogens is 2. The maximum atomic E-state index is 13.8. The van der Waals surface area contributed by atoms with Gasteiger partial charge in [0.25, 0.3) is 0 Å². The summed E-state index contributed by atoms with van der Waals surface area (Å²) in [6.07, 6.45) is 6.05. The standard InChI is InChI=1S/C17H23F2NO/c18-14-5-6-15(19)13(11-14)12-16(21)17(7-1-2-8-17)20-9-3-4-10-20/h5-6,11,16,21H,1-4,7-10,12H2. The lowest BCUT2D eigenvalue weighted by atomic mass is 9.84. The minimum absolute atomic E-state index is 0.195. The van der Waals surface area contributed by atoms with Crippen LogP contribution in [0.5, 0.6) is 0 Å². The first-order valence-corrected chi connectivity index (χ1v) is 7.99. The van der Waals surface area contributed by atoms with Crippen LogP contribution < -0.4 is 0 Å². The highest BCUT2D eigenvalue weighted by molar-refractivity contribution is 5.21. The minimum atomic E-state index is -0.630. The van der Waals surface area contributed by atoms with Crippen LogP contribution in [-0.4, -0.2) is 34.7 Å². The van der Waals surface area contributed by atoms with E-state index in [1.54, 1.807) is 0 Å². The van der Waals surface area contributed by atoms with Crippen LogP contribution in [0.1, 0.15) is 44.1 Å². The number of hydrogen-bond donors (Lipinski definition) is 1. The Morgan fingerprint density at radius 2 is 1.76 bits per heavy atom. The van der Waals surface area contributed by atoms with Crippen molar-refractivity contribution in [1.29, 1.82) is 0 Å². The van der Waals surface area contributed by atoms with Crippen molar-refractivity contribution in [2.45, 2.75) is 56.6 Å². The number of rotatable bonds is 4. The molecule has 1 atom stereocenters. The van der Waals surface area contributed by atoms with Gasteiger partial charge < -0.3 is 5.11 Å². The van der Waals surface area contributed by atoms with Gasteiger partial charge in [-0.3, -0.25) is 4.90 Å². The second-order valence-corrected chi connectivity index (χ2v) is 6.46. The number of nitrogens with zero attached hydrogens (tertiary/aromatic N) is 1. The third kappa shape index (κ3) is 2.84. The summed E-state index contributed by atoms with van der Waals surface area (Å²) in [4.78, 5) is 2.39. The molecular weight excluding hydrogens is 272 g/mol. The Morgan fingerprint density at radius 3 is 2.43 bits per heavy atom. The Hall–Kier alpha value is -1.00. The molecule has 2 fully saturated rings. The predicted octanol–water partition coefficient (Wildman–Crippen LogP) is 3.28. The molecule has 0 spiro atoms. The van der Waals surface area contributed by atoms with Crippen molar-refractivity contribution >= 4 is 0 Å². The summed E-state index contributed by atoms with van der Waals surface area (Å²) in [6, 6.07) is 3.48. The molecule has 0 amide bonds. The molecule has 1 aromatic rings. The van der Waals surface area contributed by atoms with E-state index in [-0.39, 0.29) is 17.5 Å². The van der Waals surface area contributed by atoms with Crippen LogP contribution in [0.15, 0.2) is 18.2 Å². The topological polar surface area (TPSA) is 23.5 Å². The van der Waals surface area contributed by atoms with Gasteiger partial charge in [0.1, 0.15) is 11.6 Å². The monoisotopic (exact) mass is 295 g/mol. The van der Waals surface area contributed by atoms with E-state index in [2.05, 4.69) is 4.90 Å². The van der Waals surface area contributed by atoms with Gasteiger partial charge in [0.15, 0.2) is 0 Å². The molecule has 0 radical (unpaired) electrons. The van der Waals surface area contributed by atoms with Crippen LogP contribution in [0.4, 0.5) is 8.78 Å². The van der Waals surface area contributed by atoms with Crippen molar-refractivity contribution in [2.24, 2.45) is 0 Å². The van der Waals surface area contributed by atoms with Gasteiger partial charge in [-0.05, 0) is 62.5 Å². The molecule has 4 heteroatoms. The van der Waals surface area contributed by atoms with Gasteiger partial charge in [0.05, 0.1) is 6.10 Å². The summed E-state index contributed by atoms with van der Waals surface area (Å²) in [7, 11) is 0. The van der Waals surface area contributed by atoms with E-state index in [4.69, 9.17) is 0 Å². The normalized spacial score (nSPS) is 23.6. The van der Waals surface area contributed by atoms with E-state index in [0.717, 1.165) is 50.9 Å². The largest absolute Gasteiger partial charge is 0.391 e. The highest BCUT2D eigenvalue weighted by Gasteiger charge is 2.46. The molecule has 2 nitrogen and oxygen atoms in total. The molecule has 21 heavy (non-hydrogen) atoms. The van der Waals surface area contributed by atoms with E-state index in [1.807, 2.05) is 0 Å². The van der Waals surface area contributed by atoms with Crippen molar-refractivity contribution in [2.75, 3.05) is 13.1 Å². The lowest BCUT2D eigenvalue weighted by Gasteiger charge is -2.42. The summed E-state index contributed by atoms with van der Waals surface area (Å²) in [5.41, 5.74) is 0.0582. The second-order valence-electron chi connectivity index (χ2n) is 6.46. The van der Waals surface area contributed by atoms with E-state index >= 15 is 0 Å². The molecule has 116 valence electrons. The van der Waals surface area contributed by atoms with Gasteiger partial charge in [-0.2, -0.15) is 0 Å². The van der Waals surface area contributed by atoms with Crippen LogP contribution in [0.2, 0.25) is 0 Å². The molecule has 2 aliphatic rings. The fourth-order valence-corrected chi connectivity index (χ4v) is 4.11. The van der Waals surface area contributed by atoms with Crippen molar-refractivity contribution < 1.29 is 13.9 Å².